The first kappa shape index (κ1) is 59.5. The number of benzene rings is 2. The maximum absolute atomic E-state index is 10.5. The van der Waals surface area contributed by atoms with Gasteiger partial charge in [-0.1, -0.05) is 219 Å². The van der Waals surface area contributed by atoms with Crippen LogP contribution >= 0.6 is 47.0 Å². The quantitative estimate of drug-likeness (QED) is 0.0647. The molecule has 2 N–H and O–H groups in total. The van der Waals surface area contributed by atoms with Crippen molar-refractivity contribution in [2.75, 3.05) is 23.0 Å². The summed E-state index contributed by atoms with van der Waals surface area (Å²) in [5.41, 5.74) is 7.11. The molecular weight excluding hydrogens is 833 g/mol. The van der Waals surface area contributed by atoms with Crippen molar-refractivity contribution in [2.45, 2.75) is 257 Å². The van der Waals surface area contributed by atoms with E-state index in [0.717, 1.165) is 45.3 Å². The number of thioether (sulfide) groups is 4. The molecule has 2 nitrogen and oxygen atoms in total. The van der Waals surface area contributed by atoms with E-state index in [0.29, 0.717) is 11.5 Å². The van der Waals surface area contributed by atoms with Crippen LogP contribution in [-0.4, -0.2) is 33.2 Å². The first-order valence-electron chi connectivity index (χ1n) is 26.3. The summed E-state index contributed by atoms with van der Waals surface area (Å²) < 4.78 is 0. The molecule has 360 valence electrons. The fourth-order valence-corrected chi connectivity index (χ4v) is 11.9. The van der Waals surface area contributed by atoms with Crippen LogP contribution in [0.5, 0.6) is 11.5 Å². The Morgan fingerprint density at radius 2 is 0.532 bits per heavy atom. The highest BCUT2D eigenvalue weighted by Gasteiger charge is 2.10. The number of phenolic OH excluding ortho intramolecular Hbond substituents is 2. The average Bonchev–Trinajstić information content (AvgIpc) is 3.27. The fraction of sp³-hybridized carbons (Fsp3) is 0.786. The molecule has 0 aliphatic heterocycles. The fourth-order valence-electron chi connectivity index (χ4n) is 8.00. The summed E-state index contributed by atoms with van der Waals surface area (Å²) in [6, 6.07) is 8.86. The zero-order valence-corrected chi connectivity index (χ0v) is 45.0. The van der Waals surface area contributed by atoms with Gasteiger partial charge in [-0.25, -0.2) is 0 Å². The smallest absolute Gasteiger partial charge is 0.122 e. The molecule has 62 heavy (non-hydrogen) atoms. The normalized spacial score (nSPS) is 11.3. The van der Waals surface area contributed by atoms with Gasteiger partial charge in [-0.3, -0.25) is 0 Å². The Kier molecular flexibility index (Phi) is 42.5. The molecule has 6 heteroatoms. The minimum absolute atomic E-state index is 0.517. The molecule has 0 radical (unpaired) electrons. The first-order valence-corrected chi connectivity index (χ1v) is 30.9. The van der Waals surface area contributed by atoms with Gasteiger partial charge in [-0.2, -0.15) is 47.0 Å². The maximum Gasteiger partial charge on any atom is 0.122 e. The van der Waals surface area contributed by atoms with Crippen molar-refractivity contribution in [3.8, 4) is 11.5 Å². The number of aryl methyl sites for hydroxylation is 2. The van der Waals surface area contributed by atoms with E-state index < -0.39 is 0 Å². The van der Waals surface area contributed by atoms with Gasteiger partial charge in [0, 0.05) is 34.1 Å². The number of phenols is 2. The molecule has 0 saturated heterocycles. The third-order valence-electron chi connectivity index (χ3n) is 12.0. The van der Waals surface area contributed by atoms with E-state index >= 15 is 0 Å². The van der Waals surface area contributed by atoms with Crippen molar-refractivity contribution < 1.29 is 10.2 Å². The largest absolute Gasteiger partial charge is 0.507 e. The lowest BCUT2D eigenvalue weighted by Gasteiger charge is -2.11. The number of hydrogen-bond donors (Lipinski definition) is 2. The summed E-state index contributed by atoms with van der Waals surface area (Å²) >= 11 is 8.08. The Bertz CT molecular complexity index is 1280. The van der Waals surface area contributed by atoms with E-state index in [1.54, 1.807) is 0 Å². The molecule has 0 aromatic heterocycles. The van der Waals surface area contributed by atoms with Crippen LogP contribution in [0.2, 0.25) is 0 Å². The Morgan fingerprint density at radius 3 is 0.790 bits per heavy atom. The molecule has 0 bridgehead atoms. The van der Waals surface area contributed by atoms with Gasteiger partial charge in [0.2, 0.25) is 0 Å². The highest BCUT2D eigenvalue weighted by Crippen LogP contribution is 2.31. The molecule has 0 fully saturated rings. The second-order valence-corrected chi connectivity index (χ2v) is 22.7. The molecule has 2 aromatic rings. The Hall–Kier alpha value is -0.560. The summed E-state index contributed by atoms with van der Waals surface area (Å²) in [6.45, 7) is 13.2. The molecule has 2 aromatic carbocycles. The lowest BCUT2D eigenvalue weighted by molar-refractivity contribution is 0.466. The van der Waals surface area contributed by atoms with Gasteiger partial charge in [-0.15, -0.1) is 0 Å². The van der Waals surface area contributed by atoms with Crippen molar-refractivity contribution >= 4 is 47.0 Å². The minimum Gasteiger partial charge on any atom is -0.507 e. The molecular formula is C56H100O2S4. The van der Waals surface area contributed by atoms with Gasteiger partial charge in [0.05, 0.1) is 0 Å². The van der Waals surface area contributed by atoms with Crippen LogP contribution in [0.15, 0.2) is 24.3 Å². The van der Waals surface area contributed by atoms with E-state index in [1.807, 2.05) is 30.4 Å². The molecule has 0 saturated carbocycles. The summed E-state index contributed by atoms with van der Waals surface area (Å²) in [5.74, 6) is 10.0. The first-order chi connectivity index (χ1) is 30.4. The predicted octanol–water partition coefficient (Wildman–Crippen LogP) is 20.1. The second-order valence-electron chi connectivity index (χ2n) is 18.2. The molecule has 0 aliphatic rings. The number of rotatable bonds is 42. The standard InChI is InChI=1S/C29H52OS2.C27H48OS2/c1-4-6-8-10-12-14-16-18-20-31-24-27-22-26(3)29(30)28(23-27)25-32-21-19-17-15-13-11-9-7-5-2;1-4-6-8-10-12-14-16-18-29-22-25-20-24(3)27(28)26(21-25)23-30-19-17-15-13-11-9-7-5-2/h22-23,30H,4-21,24-25H2,1-3H3;20-21,28H,4-19,22-23H2,1-3H3. The molecule has 0 heterocycles. The van der Waals surface area contributed by atoms with Crippen LogP contribution in [-0.2, 0) is 23.0 Å². The van der Waals surface area contributed by atoms with E-state index in [1.165, 1.54) is 227 Å². The van der Waals surface area contributed by atoms with Crippen molar-refractivity contribution in [3.63, 3.8) is 0 Å². The Balaban J connectivity index is 0.000000621. The van der Waals surface area contributed by atoms with E-state index in [9.17, 15) is 10.2 Å². The van der Waals surface area contributed by atoms with Crippen LogP contribution < -0.4 is 0 Å². The van der Waals surface area contributed by atoms with Crippen LogP contribution in [0.4, 0.5) is 0 Å². The molecule has 0 atom stereocenters. The van der Waals surface area contributed by atoms with Gasteiger partial charge < -0.3 is 10.2 Å². The van der Waals surface area contributed by atoms with Gasteiger partial charge in [0.1, 0.15) is 11.5 Å². The van der Waals surface area contributed by atoms with Crippen molar-refractivity contribution in [1.29, 1.82) is 0 Å². The Morgan fingerprint density at radius 1 is 0.306 bits per heavy atom. The molecule has 0 unspecified atom stereocenters. The van der Waals surface area contributed by atoms with Crippen molar-refractivity contribution in [1.82, 2.24) is 0 Å². The van der Waals surface area contributed by atoms with Crippen molar-refractivity contribution in [3.05, 3.63) is 57.6 Å². The summed E-state index contributed by atoms with van der Waals surface area (Å²) in [6.07, 6.45) is 41.4. The van der Waals surface area contributed by atoms with E-state index in [4.69, 9.17) is 0 Å². The number of unbranched alkanes of at least 4 members (excludes halogenated alkanes) is 26. The second kappa shape index (κ2) is 44.3. The summed E-state index contributed by atoms with van der Waals surface area (Å²) in [4.78, 5) is 0. The van der Waals surface area contributed by atoms with Gasteiger partial charge in [0.25, 0.3) is 0 Å². The zero-order valence-electron chi connectivity index (χ0n) is 41.7. The topological polar surface area (TPSA) is 40.5 Å². The highest BCUT2D eigenvalue weighted by molar-refractivity contribution is 7.99. The van der Waals surface area contributed by atoms with Crippen LogP contribution in [0.25, 0.3) is 0 Å². The van der Waals surface area contributed by atoms with E-state index in [-0.39, 0.29) is 0 Å². The van der Waals surface area contributed by atoms with Gasteiger partial charge >= 0.3 is 0 Å². The molecule has 2 rings (SSSR count). The van der Waals surface area contributed by atoms with Crippen LogP contribution in [0.1, 0.15) is 254 Å². The number of hydrogen-bond acceptors (Lipinski definition) is 6. The Labute approximate surface area is 404 Å². The minimum atomic E-state index is 0.517. The maximum atomic E-state index is 10.5. The SMILES string of the molecule is CCCCCCCCCCSCc1cc(C)c(O)c(CSCCCCCCCCCC)c1.CCCCCCCCCSCc1cc(C)c(O)c(CSCCCCCCCCC)c1. The summed E-state index contributed by atoms with van der Waals surface area (Å²) in [7, 11) is 0. The highest BCUT2D eigenvalue weighted by atomic mass is 32.2. The molecule has 0 aliphatic carbocycles. The van der Waals surface area contributed by atoms with Gasteiger partial charge in [0.15, 0.2) is 0 Å². The third kappa shape index (κ3) is 33.9. The number of aromatic hydroxyl groups is 2. The van der Waals surface area contributed by atoms with E-state index in [2.05, 4.69) is 82.4 Å². The van der Waals surface area contributed by atoms with Gasteiger partial charge in [-0.05, 0) is 84.8 Å². The summed E-state index contributed by atoms with van der Waals surface area (Å²) in [5, 5.41) is 20.9. The lowest BCUT2D eigenvalue weighted by atomic mass is 10.1. The zero-order chi connectivity index (χ0) is 45.1. The third-order valence-corrected chi connectivity index (χ3v) is 16.4. The van der Waals surface area contributed by atoms with Crippen LogP contribution in [0.3, 0.4) is 0 Å². The monoisotopic (exact) mass is 933 g/mol. The molecule has 0 amide bonds. The van der Waals surface area contributed by atoms with Crippen molar-refractivity contribution in [2.24, 2.45) is 0 Å². The predicted molar refractivity (Wildman–Crippen MR) is 292 cm³/mol. The molecule has 0 spiro atoms. The van der Waals surface area contributed by atoms with Crippen LogP contribution in [0, 0.1) is 13.8 Å². The average molecular weight is 934 g/mol. The lowest BCUT2D eigenvalue weighted by Crippen LogP contribution is -1.92.